The maximum atomic E-state index is 11.5. The van der Waals surface area contributed by atoms with Crippen LogP contribution in [0.15, 0.2) is 34.7 Å². The van der Waals surface area contributed by atoms with Crippen molar-refractivity contribution >= 4 is 0 Å². The molecular weight excluding hydrogens is 806 g/mol. The first-order valence-electron chi connectivity index (χ1n) is 23.3. The van der Waals surface area contributed by atoms with Crippen molar-refractivity contribution in [1.82, 2.24) is 5.32 Å². The zero-order valence-electron chi connectivity index (χ0n) is 36.7. The maximum Gasteiger partial charge on any atom is 0.262 e. The Hall–Kier alpha value is -2.06. The highest BCUT2D eigenvalue weighted by Crippen LogP contribution is 2.72. The van der Waals surface area contributed by atoms with Gasteiger partial charge in [0.1, 0.15) is 42.7 Å². The smallest absolute Gasteiger partial charge is 0.262 e. The first-order valence-corrected chi connectivity index (χ1v) is 23.3. The fraction of sp³-hybridized carbons (Fsp3) is 0.870. The topological polar surface area (TPSA) is 249 Å². The average molecular weight is 878 g/mol. The van der Waals surface area contributed by atoms with Crippen LogP contribution in [0.25, 0.3) is 0 Å². The van der Waals surface area contributed by atoms with Crippen molar-refractivity contribution in [1.29, 1.82) is 0 Å². The summed E-state index contributed by atoms with van der Waals surface area (Å²) in [6, 6.07) is 0. The van der Waals surface area contributed by atoms with E-state index in [2.05, 4.69) is 39.1 Å². The van der Waals surface area contributed by atoms with E-state index in [0.29, 0.717) is 47.5 Å². The van der Waals surface area contributed by atoms with Crippen LogP contribution in [-0.2, 0) is 28.4 Å². The Balaban J connectivity index is 0.966. The molecule has 9 unspecified atom stereocenters. The largest absolute Gasteiger partial charge is 0.506 e. The number of hydrogen-bond donors (Lipinski definition) is 10. The lowest BCUT2D eigenvalue weighted by Gasteiger charge is -2.59. The molecule has 16 heteroatoms. The minimum Gasteiger partial charge on any atom is -0.506 e. The molecule has 16 nitrogen and oxygen atoms in total. The van der Waals surface area contributed by atoms with Crippen LogP contribution < -0.4 is 5.32 Å². The first-order chi connectivity index (χ1) is 29.4. The Kier molecular flexibility index (Phi) is 12.1. The Morgan fingerprint density at radius 2 is 1.50 bits per heavy atom. The molecule has 0 amide bonds. The second-order valence-electron chi connectivity index (χ2n) is 21.2. The molecule has 5 aliphatic carbocycles. The van der Waals surface area contributed by atoms with Gasteiger partial charge in [-0.05, 0) is 130 Å². The van der Waals surface area contributed by atoms with Crippen molar-refractivity contribution in [2.24, 2.45) is 52.3 Å². The van der Waals surface area contributed by atoms with Crippen molar-refractivity contribution in [3.8, 4) is 0 Å². The lowest BCUT2D eigenvalue weighted by Crippen LogP contribution is -2.58. The highest BCUT2D eigenvalue weighted by atomic mass is 16.8. The van der Waals surface area contributed by atoms with Crippen LogP contribution in [0.3, 0.4) is 0 Å². The van der Waals surface area contributed by atoms with E-state index < -0.39 is 104 Å². The highest BCUT2D eigenvalue weighted by molar-refractivity contribution is 5.27. The lowest BCUT2D eigenvalue weighted by atomic mass is 9.46. The molecule has 0 aromatic carbocycles. The van der Waals surface area contributed by atoms with Crippen molar-refractivity contribution in [3.05, 3.63) is 34.7 Å². The quantitative estimate of drug-likeness (QED) is 0.157. The molecule has 1 spiro atoms. The van der Waals surface area contributed by atoms with E-state index in [9.17, 15) is 46.0 Å². The van der Waals surface area contributed by atoms with Crippen molar-refractivity contribution in [3.63, 3.8) is 0 Å². The van der Waals surface area contributed by atoms with Gasteiger partial charge in [0.2, 0.25) is 18.3 Å². The molecule has 10 N–H and O–H groups in total. The lowest BCUT2D eigenvalue weighted by molar-refractivity contribution is -0.307. The molecule has 0 bridgehead atoms. The summed E-state index contributed by atoms with van der Waals surface area (Å²) in [6.45, 7) is 11.1. The number of allylic oxidation sites excluding steroid dienone is 1. The van der Waals surface area contributed by atoms with Gasteiger partial charge in [0, 0.05) is 5.54 Å². The number of ether oxygens (including phenoxy) is 6. The highest BCUT2D eigenvalue weighted by Gasteiger charge is 2.67. The number of rotatable bonds is 8. The number of piperidine rings is 1. The summed E-state index contributed by atoms with van der Waals surface area (Å²) in [6.07, 6.45) is -4.39. The number of nitrogens with one attached hydrogen (secondary N) is 1. The fourth-order valence-electron chi connectivity index (χ4n) is 14.5. The predicted octanol–water partition coefficient (Wildman–Crippen LogP) is 2.53. The zero-order valence-corrected chi connectivity index (χ0v) is 36.7. The summed E-state index contributed by atoms with van der Waals surface area (Å²) in [7, 11) is 0. The van der Waals surface area contributed by atoms with Gasteiger partial charge in [-0.3, -0.25) is 0 Å². The van der Waals surface area contributed by atoms with Gasteiger partial charge < -0.3 is 79.7 Å². The Morgan fingerprint density at radius 1 is 0.774 bits per heavy atom. The molecule has 6 fully saturated rings. The molecule has 350 valence electrons. The average Bonchev–Trinajstić information content (AvgIpc) is 3.70. The summed E-state index contributed by atoms with van der Waals surface area (Å²) >= 11 is 0. The molecule has 2 saturated heterocycles. The van der Waals surface area contributed by atoms with E-state index in [1.54, 1.807) is 0 Å². The van der Waals surface area contributed by atoms with Gasteiger partial charge in [-0.2, -0.15) is 0 Å². The van der Waals surface area contributed by atoms with Gasteiger partial charge in [-0.1, -0.05) is 39.3 Å². The van der Waals surface area contributed by atoms with Crippen LogP contribution in [0, 0.1) is 52.3 Å². The Labute approximate surface area is 363 Å². The summed E-state index contributed by atoms with van der Waals surface area (Å²) in [5, 5.41) is 99.4. The number of fused-ring (bicyclic) bond motifs is 7. The van der Waals surface area contributed by atoms with Gasteiger partial charge in [-0.15, -0.1) is 0 Å². The number of aliphatic hydroxyl groups is 9. The van der Waals surface area contributed by atoms with Crippen molar-refractivity contribution in [2.45, 2.75) is 178 Å². The van der Waals surface area contributed by atoms with E-state index in [1.165, 1.54) is 51.0 Å². The summed E-state index contributed by atoms with van der Waals surface area (Å²) < 4.78 is 36.2. The summed E-state index contributed by atoms with van der Waals surface area (Å²) in [5.74, 6) is 2.10. The normalized spacial score (nSPS) is 52.8. The third kappa shape index (κ3) is 7.16. The summed E-state index contributed by atoms with van der Waals surface area (Å²) in [4.78, 5) is 0. The second-order valence-corrected chi connectivity index (χ2v) is 21.2. The van der Waals surface area contributed by atoms with Crippen molar-refractivity contribution in [2.75, 3.05) is 19.8 Å². The van der Waals surface area contributed by atoms with Crippen molar-refractivity contribution < 1.29 is 74.4 Å². The third-order valence-corrected chi connectivity index (χ3v) is 18.0. The van der Waals surface area contributed by atoms with Crippen LogP contribution in [0.2, 0.25) is 0 Å². The molecule has 62 heavy (non-hydrogen) atoms. The number of hydrogen-bond acceptors (Lipinski definition) is 16. The molecule has 22 atom stereocenters. The molecule has 9 rings (SSSR count). The Morgan fingerprint density at radius 3 is 2.21 bits per heavy atom. The van der Waals surface area contributed by atoms with Crippen LogP contribution in [-0.4, -0.2) is 145 Å². The Bertz CT molecular complexity index is 1770. The van der Waals surface area contributed by atoms with E-state index in [4.69, 9.17) is 28.4 Å². The van der Waals surface area contributed by atoms with Gasteiger partial charge >= 0.3 is 0 Å². The fourth-order valence-corrected chi connectivity index (χ4v) is 14.5. The second kappa shape index (κ2) is 16.7. The molecule has 9 aliphatic rings. The summed E-state index contributed by atoms with van der Waals surface area (Å²) in [5.41, 5.74) is 1.96. The molecular formula is C46H71NO15. The number of aliphatic hydroxyl groups excluding tert-OH is 9. The maximum absolute atomic E-state index is 11.5. The van der Waals surface area contributed by atoms with E-state index in [0.717, 1.165) is 37.1 Å². The molecule has 4 aliphatic heterocycles. The standard InChI is InChI=1S/C46H71NO15/c1-20-8-13-46(47-17-20)16-23-14-28-26-7-6-24-15-25(9-11-44(24,4)27(26)10-12-45(28,5)31(23)21(46)2)58-43-40(62-41-37(55)35(53)32(50)22(3)57-41)39(34(52)30(19-49)60-43)61-42-38(56)36(54)33(51)29(18-48)59-42/h6,20-23,25-35,37,41-43,47-56H,7-19H2,1-5H3/t20-,21+,22?,23?,25+,26?,27?,28?,29?,30?,31?,32+,33-,34+,35+,37?,41+,42+,43-,44+,45+,46-/m1/s1. The monoisotopic (exact) mass is 877 g/mol. The third-order valence-electron chi connectivity index (χ3n) is 18.0. The van der Waals surface area contributed by atoms with Crippen LogP contribution in [0.1, 0.15) is 98.8 Å². The van der Waals surface area contributed by atoms with E-state index in [-0.39, 0.29) is 11.2 Å². The van der Waals surface area contributed by atoms with Crippen LogP contribution in [0.5, 0.6) is 0 Å². The van der Waals surface area contributed by atoms with E-state index >= 15 is 0 Å². The minimum atomic E-state index is -1.88. The SMILES string of the molecule is CC1O[C@@H](OC2=C(O[C@@H]3OC(CO)[C@@H](O)C(O)=C3O)[C@@H](O)C(CO)O[C@H]2O[C@H]2CC[C@@]3(C)C(=CCC4C5CC6C[C@]7(CC[C@@H](C)CN7)[C@@H](C)C6[C@@]5(C)CCC43)C2)C(O)[C@@H](O)[C@H]1O. The first kappa shape index (κ1) is 45.1. The minimum absolute atomic E-state index is 0.0123. The molecule has 4 heterocycles. The molecule has 0 aromatic heterocycles. The molecule has 0 aromatic rings. The molecule has 4 saturated carbocycles. The molecule has 0 radical (unpaired) electrons. The zero-order chi connectivity index (χ0) is 44.2. The van der Waals surface area contributed by atoms with Gasteiger partial charge in [0.15, 0.2) is 17.3 Å². The van der Waals surface area contributed by atoms with Gasteiger partial charge in [-0.25, -0.2) is 0 Å². The van der Waals surface area contributed by atoms with Crippen LogP contribution in [0.4, 0.5) is 0 Å². The van der Waals surface area contributed by atoms with Crippen LogP contribution >= 0.6 is 0 Å². The van der Waals surface area contributed by atoms with Gasteiger partial charge in [0.25, 0.3) is 6.29 Å². The van der Waals surface area contributed by atoms with Gasteiger partial charge in [0.05, 0.1) is 25.4 Å². The predicted molar refractivity (Wildman–Crippen MR) is 219 cm³/mol. The van der Waals surface area contributed by atoms with E-state index in [1.807, 2.05) is 0 Å².